The highest BCUT2D eigenvalue weighted by Gasteiger charge is 2.12. The fourth-order valence-corrected chi connectivity index (χ4v) is 1.71. The van der Waals surface area contributed by atoms with Crippen LogP contribution < -0.4 is 10.6 Å². The summed E-state index contributed by atoms with van der Waals surface area (Å²) in [6.07, 6.45) is 6.69. The van der Waals surface area contributed by atoms with Crippen LogP contribution in [0.1, 0.15) is 52.9 Å². The molecule has 1 heterocycles. The number of hydrogen-bond acceptors (Lipinski definition) is 2. The number of rotatable bonds is 6. The second-order valence-corrected chi connectivity index (χ2v) is 3.69. The van der Waals surface area contributed by atoms with E-state index in [0.29, 0.717) is 0 Å². The molecule has 0 aromatic rings. The van der Waals surface area contributed by atoms with Gasteiger partial charge in [0.25, 0.3) is 0 Å². The highest BCUT2D eigenvalue weighted by molar-refractivity contribution is 4.74. The van der Waals surface area contributed by atoms with Crippen molar-refractivity contribution in [1.29, 1.82) is 0 Å². The van der Waals surface area contributed by atoms with E-state index in [9.17, 15) is 0 Å². The van der Waals surface area contributed by atoms with E-state index in [0.717, 1.165) is 6.04 Å². The Hall–Kier alpha value is -0.0800. The van der Waals surface area contributed by atoms with Crippen LogP contribution in [0.25, 0.3) is 0 Å². The fraction of sp³-hybridized carbons (Fsp3) is 1.00. The van der Waals surface area contributed by atoms with Gasteiger partial charge in [0.05, 0.1) is 0 Å². The Kier molecular flexibility index (Phi) is 10.9. The Bertz CT molecular complexity index is 98.5. The molecule has 0 spiro atoms. The Labute approximate surface area is 89.9 Å². The molecule has 0 aromatic heterocycles. The van der Waals surface area contributed by atoms with Gasteiger partial charge in [0.1, 0.15) is 0 Å². The van der Waals surface area contributed by atoms with Crippen LogP contribution >= 0.6 is 0 Å². The van der Waals surface area contributed by atoms with E-state index in [2.05, 4.69) is 17.6 Å². The molecule has 0 aliphatic carbocycles. The number of nitrogens with one attached hydrogen (secondary N) is 2. The molecule has 14 heavy (non-hydrogen) atoms. The monoisotopic (exact) mass is 200 g/mol. The fourth-order valence-electron chi connectivity index (χ4n) is 1.71. The highest BCUT2D eigenvalue weighted by Crippen LogP contribution is 2.07. The molecule has 1 aliphatic heterocycles. The average molecular weight is 200 g/mol. The van der Waals surface area contributed by atoms with Gasteiger partial charge in [-0.3, -0.25) is 0 Å². The van der Waals surface area contributed by atoms with Crippen LogP contribution in [-0.2, 0) is 0 Å². The molecule has 0 aromatic carbocycles. The summed E-state index contributed by atoms with van der Waals surface area (Å²) >= 11 is 0. The molecule has 2 N–H and O–H groups in total. The van der Waals surface area contributed by atoms with E-state index in [4.69, 9.17) is 0 Å². The molecular weight excluding hydrogens is 172 g/mol. The number of unbranched alkanes of at least 4 members (excludes halogenated alkanes) is 1. The largest absolute Gasteiger partial charge is 0.317 e. The van der Waals surface area contributed by atoms with Crippen molar-refractivity contribution in [3.05, 3.63) is 0 Å². The first-order chi connectivity index (χ1) is 6.93. The van der Waals surface area contributed by atoms with E-state index in [-0.39, 0.29) is 0 Å². The van der Waals surface area contributed by atoms with Crippen LogP contribution in [0.15, 0.2) is 0 Å². The summed E-state index contributed by atoms with van der Waals surface area (Å²) in [6.45, 7) is 9.86. The molecule has 1 unspecified atom stereocenters. The Morgan fingerprint density at radius 1 is 1.29 bits per heavy atom. The molecule has 0 saturated carbocycles. The van der Waals surface area contributed by atoms with E-state index in [1.54, 1.807) is 0 Å². The van der Waals surface area contributed by atoms with Gasteiger partial charge in [-0.05, 0) is 45.3 Å². The average Bonchev–Trinajstić information content (AvgIpc) is 2.74. The third-order valence-corrected chi connectivity index (χ3v) is 2.54. The summed E-state index contributed by atoms with van der Waals surface area (Å²) < 4.78 is 0. The van der Waals surface area contributed by atoms with Crippen molar-refractivity contribution in [3.63, 3.8) is 0 Å². The summed E-state index contributed by atoms with van der Waals surface area (Å²) in [5.41, 5.74) is 0. The number of hydrogen-bond donors (Lipinski definition) is 2. The SMILES string of the molecule is CC.CCCCNCCC1CCCN1. The van der Waals surface area contributed by atoms with Crippen molar-refractivity contribution in [1.82, 2.24) is 10.6 Å². The molecule has 2 nitrogen and oxygen atoms in total. The van der Waals surface area contributed by atoms with Gasteiger partial charge in [-0.2, -0.15) is 0 Å². The predicted octanol–water partition coefficient (Wildman–Crippen LogP) is 2.54. The van der Waals surface area contributed by atoms with Crippen LogP contribution in [0.4, 0.5) is 0 Å². The minimum absolute atomic E-state index is 0.805. The predicted molar refractivity (Wildman–Crippen MR) is 64.8 cm³/mol. The van der Waals surface area contributed by atoms with Crippen molar-refractivity contribution in [2.24, 2.45) is 0 Å². The lowest BCUT2D eigenvalue weighted by Crippen LogP contribution is -2.27. The molecule has 0 amide bonds. The van der Waals surface area contributed by atoms with Crippen molar-refractivity contribution in [3.8, 4) is 0 Å². The van der Waals surface area contributed by atoms with Crippen LogP contribution in [0.3, 0.4) is 0 Å². The van der Waals surface area contributed by atoms with Crippen molar-refractivity contribution in [2.45, 2.75) is 58.9 Å². The summed E-state index contributed by atoms with van der Waals surface area (Å²) in [5.74, 6) is 0. The lowest BCUT2D eigenvalue weighted by molar-refractivity contribution is 0.518. The lowest BCUT2D eigenvalue weighted by Gasteiger charge is -2.09. The van der Waals surface area contributed by atoms with Crippen LogP contribution in [0, 0.1) is 0 Å². The van der Waals surface area contributed by atoms with Gasteiger partial charge in [0.15, 0.2) is 0 Å². The van der Waals surface area contributed by atoms with Crippen LogP contribution in [-0.4, -0.2) is 25.7 Å². The first-order valence-corrected chi connectivity index (χ1v) is 6.37. The Morgan fingerprint density at radius 2 is 2.07 bits per heavy atom. The smallest absolute Gasteiger partial charge is 0.00796 e. The van der Waals surface area contributed by atoms with Crippen molar-refractivity contribution < 1.29 is 0 Å². The van der Waals surface area contributed by atoms with Gasteiger partial charge in [0.2, 0.25) is 0 Å². The highest BCUT2D eigenvalue weighted by atomic mass is 14.9. The second-order valence-electron chi connectivity index (χ2n) is 3.69. The standard InChI is InChI=1S/C10H22N2.C2H6/c1-2-3-7-11-9-6-10-5-4-8-12-10;1-2/h10-12H,2-9H2,1H3;1-2H3. The first kappa shape index (κ1) is 13.9. The van der Waals surface area contributed by atoms with Gasteiger partial charge >= 0.3 is 0 Å². The zero-order valence-corrected chi connectivity index (χ0v) is 10.2. The van der Waals surface area contributed by atoms with Crippen molar-refractivity contribution >= 4 is 0 Å². The zero-order valence-electron chi connectivity index (χ0n) is 10.2. The first-order valence-electron chi connectivity index (χ1n) is 6.37. The van der Waals surface area contributed by atoms with Gasteiger partial charge in [-0.15, -0.1) is 0 Å². The maximum atomic E-state index is 3.51. The van der Waals surface area contributed by atoms with Gasteiger partial charge < -0.3 is 10.6 Å². The zero-order chi connectivity index (χ0) is 10.6. The molecule has 1 rings (SSSR count). The summed E-state index contributed by atoms with van der Waals surface area (Å²) in [6, 6.07) is 0.805. The molecule has 1 aliphatic rings. The summed E-state index contributed by atoms with van der Waals surface area (Å²) in [5, 5.41) is 6.98. The van der Waals surface area contributed by atoms with Gasteiger partial charge in [-0.25, -0.2) is 0 Å². The van der Waals surface area contributed by atoms with Crippen LogP contribution in [0.2, 0.25) is 0 Å². The summed E-state index contributed by atoms with van der Waals surface area (Å²) in [7, 11) is 0. The third kappa shape index (κ3) is 7.34. The third-order valence-electron chi connectivity index (χ3n) is 2.54. The van der Waals surface area contributed by atoms with Crippen molar-refractivity contribution in [2.75, 3.05) is 19.6 Å². The topological polar surface area (TPSA) is 24.1 Å². The normalized spacial score (nSPS) is 20.4. The molecule has 0 bridgehead atoms. The Morgan fingerprint density at radius 3 is 2.64 bits per heavy atom. The minimum Gasteiger partial charge on any atom is -0.317 e. The van der Waals surface area contributed by atoms with Gasteiger partial charge in [0, 0.05) is 6.04 Å². The quantitative estimate of drug-likeness (QED) is 0.644. The molecular formula is C12H28N2. The van der Waals surface area contributed by atoms with E-state index in [1.165, 1.54) is 51.7 Å². The molecule has 1 saturated heterocycles. The maximum absolute atomic E-state index is 3.51. The van der Waals surface area contributed by atoms with E-state index >= 15 is 0 Å². The Balaban J connectivity index is 0.000000791. The van der Waals surface area contributed by atoms with Crippen LogP contribution in [0.5, 0.6) is 0 Å². The van der Waals surface area contributed by atoms with E-state index < -0.39 is 0 Å². The molecule has 2 heteroatoms. The minimum atomic E-state index is 0.805. The van der Waals surface area contributed by atoms with E-state index in [1.807, 2.05) is 13.8 Å². The molecule has 86 valence electrons. The second kappa shape index (κ2) is 11.0. The lowest BCUT2D eigenvalue weighted by atomic mass is 10.1. The molecule has 1 fully saturated rings. The summed E-state index contributed by atoms with van der Waals surface area (Å²) in [4.78, 5) is 0. The molecule has 1 atom stereocenters. The van der Waals surface area contributed by atoms with Gasteiger partial charge in [-0.1, -0.05) is 27.2 Å². The molecule has 0 radical (unpaired) electrons. The maximum Gasteiger partial charge on any atom is 0.00796 e.